The molecule has 2 atom stereocenters. The zero-order chi connectivity index (χ0) is 22.2. The first-order chi connectivity index (χ1) is 15.0. The van der Waals surface area contributed by atoms with Crippen LogP contribution in [0.5, 0.6) is 17.2 Å². The number of hydroxylamine groups is 1. The van der Waals surface area contributed by atoms with Crippen LogP contribution in [0.3, 0.4) is 0 Å². The molecule has 0 radical (unpaired) electrons. The molecule has 9 heteroatoms. The van der Waals surface area contributed by atoms with Gasteiger partial charge in [-0.15, -0.1) is 0 Å². The first kappa shape index (κ1) is 22.0. The van der Waals surface area contributed by atoms with Gasteiger partial charge in [-0.3, -0.25) is 15.3 Å². The Balaban J connectivity index is 1.67. The molecule has 31 heavy (non-hydrogen) atoms. The van der Waals surface area contributed by atoms with Gasteiger partial charge in [-0.05, 0) is 48.6 Å². The molecule has 1 aliphatic heterocycles. The number of benzene rings is 2. The van der Waals surface area contributed by atoms with E-state index in [9.17, 15) is 14.7 Å². The van der Waals surface area contributed by atoms with E-state index in [-0.39, 0.29) is 18.5 Å². The molecule has 0 saturated heterocycles. The normalized spacial score (nSPS) is 14.1. The lowest BCUT2D eigenvalue weighted by atomic mass is 9.93. The van der Waals surface area contributed by atoms with Crippen LogP contribution in [0.1, 0.15) is 31.4 Å². The van der Waals surface area contributed by atoms with Crippen molar-refractivity contribution in [1.82, 2.24) is 5.48 Å². The number of anilines is 1. The molecule has 9 nitrogen and oxygen atoms in total. The molecule has 0 bridgehead atoms. The van der Waals surface area contributed by atoms with Crippen molar-refractivity contribution in [1.29, 1.82) is 0 Å². The van der Waals surface area contributed by atoms with E-state index in [1.54, 1.807) is 36.4 Å². The molecule has 0 spiro atoms. The molecule has 0 fully saturated rings. The number of ether oxygens (including phenoxy) is 3. The lowest BCUT2D eigenvalue weighted by molar-refractivity contribution is -0.124. The molecular formula is C22H24N2O7. The summed E-state index contributed by atoms with van der Waals surface area (Å²) >= 11 is 0. The number of aromatic hydroxyl groups is 1. The number of phenolic OH excluding ortho intramolecular Hbond substituents is 1. The largest absolute Gasteiger partial charge is 0.508 e. The Morgan fingerprint density at radius 1 is 1.16 bits per heavy atom. The molecule has 4 N–H and O–H groups in total. The van der Waals surface area contributed by atoms with Crippen LogP contribution < -0.4 is 20.3 Å². The minimum atomic E-state index is -0.640. The van der Waals surface area contributed by atoms with E-state index in [0.29, 0.717) is 30.0 Å². The number of hydrogen-bond donors (Lipinski definition) is 4. The molecule has 0 aliphatic carbocycles. The number of hydrogen-bond acceptors (Lipinski definition) is 7. The molecular weight excluding hydrogens is 404 g/mol. The van der Waals surface area contributed by atoms with Crippen molar-refractivity contribution in [2.75, 3.05) is 12.1 Å². The minimum Gasteiger partial charge on any atom is -0.508 e. The first-order valence-electron chi connectivity index (χ1n) is 9.73. The van der Waals surface area contributed by atoms with Crippen LogP contribution in [-0.2, 0) is 9.53 Å². The fraction of sp³-hybridized carbons (Fsp3) is 0.273. The zero-order valence-electron chi connectivity index (χ0n) is 16.9. The fourth-order valence-electron chi connectivity index (χ4n) is 3.15. The van der Waals surface area contributed by atoms with Crippen molar-refractivity contribution in [3.8, 4) is 17.2 Å². The molecule has 1 heterocycles. The SMILES string of the molecule is C[C@H](CC/C=C/C(=O)NO)[C@H](OC(=O)Nc1ccc2c(c1)OCO2)c1ccc(O)cc1. The second kappa shape index (κ2) is 10.4. The predicted octanol–water partition coefficient (Wildman–Crippen LogP) is 3.89. The summed E-state index contributed by atoms with van der Waals surface area (Å²) in [5.74, 6) is 0.547. The van der Waals surface area contributed by atoms with Gasteiger partial charge < -0.3 is 19.3 Å². The van der Waals surface area contributed by atoms with Crippen LogP contribution in [0.25, 0.3) is 0 Å². The van der Waals surface area contributed by atoms with Crippen molar-refractivity contribution in [3.05, 3.63) is 60.2 Å². The van der Waals surface area contributed by atoms with Gasteiger partial charge in [0.1, 0.15) is 11.9 Å². The van der Waals surface area contributed by atoms with Crippen LogP contribution >= 0.6 is 0 Å². The van der Waals surface area contributed by atoms with E-state index >= 15 is 0 Å². The molecule has 3 rings (SSSR count). The van der Waals surface area contributed by atoms with Crippen LogP contribution in [0.15, 0.2) is 54.6 Å². The highest BCUT2D eigenvalue weighted by molar-refractivity contribution is 5.86. The summed E-state index contributed by atoms with van der Waals surface area (Å²) in [5.41, 5.74) is 2.76. The quantitative estimate of drug-likeness (QED) is 0.285. The Morgan fingerprint density at radius 3 is 2.65 bits per heavy atom. The van der Waals surface area contributed by atoms with E-state index in [2.05, 4.69) is 5.32 Å². The van der Waals surface area contributed by atoms with Gasteiger partial charge in [-0.1, -0.05) is 25.1 Å². The second-order valence-corrected chi connectivity index (χ2v) is 7.04. The standard InChI is InChI=1S/C22H24N2O7/c1-14(4-2-3-5-20(26)24-28)21(15-6-9-17(25)10-7-15)31-22(27)23-16-8-11-18-19(12-16)30-13-29-18/h3,5-12,14,21,25,28H,2,4,13H2,1H3,(H,23,27)(H,24,26)/b5-3+/t14-,21+/m1/s1. The van der Waals surface area contributed by atoms with Crippen LogP contribution in [-0.4, -0.2) is 29.1 Å². The van der Waals surface area contributed by atoms with Gasteiger partial charge in [0.15, 0.2) is 11.5 Å². The van der Waals surface area contributed by atoms with E-state index in [4.69, 9.17) is 19.4 Å². The summed E-state index contributed by atoms with van der Waals surface area (Å²) in [7, 11) is 0. The van der Waals surface area contributed by atoms with E-state index < -0.39 is 18.1 Å². The molecule has 164 valence electrons. The Bertz CT molecular complexity index is 943. The van der Waals surface area contributed by atoms with Gasteiger partial charge in [-0.25, -0.2) is 10.3 Å². The summed E-state index contributed by atoms with van der Waals surface area (Å²) in [5, 5.41) is 20.8. The van der Waals surface area contributed by atoms with Crippen molar-refractivity contribution < 1.29 is 34.1 Å². The number of allylic oxidation sites excluding steroid dienone is 1. The van der Waals surface area contributed by atoms with E-state index in [0.717, 1.165) is 5.56 Å². The summed E-state index contributed by atoms with van der Waals surface area (Å²) in [6.07, 6.45) is 2.78. The van der Waals surface area contributed by atoms with Gasteiger partial charge in [0.25, 0.3) is 5.91 Å². The third-order valence-corrected chi connectivity index (χ3v) is 4.76. The molecule has 2 amide bonds. The Morgan fingerprint density at radius 2 is 1.90 bits per heavy atom. The maximum atomic E-state index is 12.6. The Hall–Kier alpha value is -3.72. The van der Waals surface area contributed by atoms with Crippen molar-refractivity contribution in [2.24, 2.45) is 5.92 Å². The number of phenols is 1. The van der Waals surface area contributed by atoms with Crippen LogP contribution in [0.2, 0.25) is 0 Å². The zero-order valence-corrected chi connectivity index (χ0v) is 16.9. The monoisotopic (exact) mass is 428 g/mol. The van der Waals surface area contributed by atoms with Gasteiger partial charge in [0, 0.05) is 17.8 Å². The topological polar surface area (TPSA) is 126 Å². The Kier molecular flexibility index (Phi) is 7.34. The number of carbonyl (C=O) groups excluding carboxylic acids is 2. The summed E-state index contributed by atoms with van der Waals surface area (Å²) in [4.78, 5) is 23.6. The number of rotatable bonds is 8. The van der Waals surface area contributed by atoms with Crippen LogP contribution in [0.4, 0.5) is 10.5 Å². The second-order valence-electron chi connectivity index (χ2n) is 7.04. The lowest BCUT2D eigenvalue weighted by Crippen LogP contribution is -2.22. The summed E-state index contributed by atoms with van der Waals surface area (Å²) in [6.45, 7) is 2.06. The number of amides is 2. The molecule has 0 unspecified atom stereocenters. The van der Waals surface area contributed by atoms with Gasteiger partial charge in [0.05, 0.1) is 0 Å². The molecule has 2 aromatic rings. The van der Waals surface area contributed by atoms with Crippen molar-refractivity contribution >= 4 is 17.7 Å². The van der Waals surface area contributed by atoms with Gasteiger partial charge in [-0.2, -0.15) is 0 Å². The first-order valence-corrected chi connectivity index (χ1v) is 9.73. The fourth-order valence-corrected chi connectivity index (χ4v) is 3.15. The highest BCUT2D eigenvalue weighted by Gasteiger charge is 2.24. The third kappa shape index (κ3) is 6.13. The highest BCUT2D eigenvalue weighted by Crippen LogP contribution is 2.35. The van der Waals surface area contributed by atoms with Gasteiger partial charge in [0.2, 0.25) is 6.79 Å². The smallest absolute Gasteiger partial charge is 0.412 e. The molecule has 0 saturated carbocycles. The minimum absolute atomic E-state index is 0.103. The third-order valence-electron chi connectivity index (χ3n) is 4.76. The Labute approximate surface area is 179 Å². The molecule has 2 aromatic carbocycles. The average molecular weight is 428 g/mol. The molecule has 0 aromatic heterocycles. The molecule has 1 aliphatic rings. The number of carbonyl (C=O) groups is 2. The summed E-state index contributed by atoms with van der Waals surface area (Å²) < 4.78 is 16.3. The van der Waals surface area contributed by atoms with E-state index in [1.807, 2.05) is 6.92 Å². The average Bonchev–Trinajstić information content (AvgIpc) is 3.23. The summed E-state index contributed by atoms with van der Waals surface area (Å²) in [6, 6.07) is 11.5. The van der Waals surface area contributed by atoms with E-state index in [1.165, 1.54) is 23.7 Å². The van der Waals surface area contributed by atoms with Gasteiger partial charge >= 0.3 is 6.09 Å². The lowest BCUT2D eigenvalue weighted by Gasteiger charge is -2.24. The number of fused-ring (bicyclic) bond motifs is 1. The van der Waals surface area contributed by atoms with Crippen molar-refractivity contribution in [3.63, 3.8) is 0 Å². The highest BCUT2D eigenvalue weighted by atomic mass is 16.7. The van der Waals surface area contributed by atoms with Crippen molar-refractivity contribution in [2.45, 2.75) is 25.9 Å². The maximum Gasteiger partial charge on any atom is 0.412 e. The van der Waals surface area contributed by atoms with Crippen LogP contribution in [0, 0.1) is 5.92 Å². The maximum absolute atomic E-state index is 12.6. The number of nitrogens with one attached hydrogen (secondary N) is 2. The predicted molar refractivity (Wildman–Crippen MR) is 111 cm³/mol.